The molecule has 0 spiro atoms. The quantitative estimate of drug-likeness (QED) is 0.442. The van der Waals surface area contributed by atoms with E-state index >= 15 is 0 Å². The minimum atomic E-state index is -0.760. The third kappa shape index (κ3) is 3.75. The zero-order valence-electron chi connectivity index (χ0n) is 17.6. The minimum absolute atomic E-state index is 0.0386. The van der Waals surface area contributed by atoms with Gasteiger partial charge in [0.05, 0.1) is 22.0 Å². The predicted molar refractivity (Wildman–Crippen MR) is 114 cm³/mol. The molecule has 0 radical (unpaired) electrons. The summed E-state index contributed by atoms with van der Waals surface area (Å²) in [6.07, 6.45) is 0. The molecule has 0 fully saturated rings. The maximum Gasteiger partial charge on any atom is 0.386 e. The molecule has 2 amide bonds. The fraction of sp³-hybridized carbons (Fsp3) is 0.238. The first-order chi connectivity index (χ1) is 15.4. The summed E-state index contributed by atoms with van der Waals surface area (Å²) in [4.78, 5) is 25.9. The molecule has 3 N–H and O–H groups in total. The van der Waals surface area contributed by atoms with Gasteiger partial charge in [-0.1, -0.05) is 4.36 Å². The van der Waals surface area contributed by atoms with E-state index < -0.39 is 5.91 Å². The number of rotatable bonds is 6. The number of fused-ring (bicyclic) bond motifs is 3. The third-order valence-corrected chi connectivity index (χ3v) is 5.12. The van der Waals surface area contributed by atoms with E-state index in [0.29, 0.717) is 46.6 Å². The van der Waals surface area contributed by atoms with E-state index in [1.807, 2.05) is 13.8 Å². The van der Waals surface area contributed by atoms with Crippen LogP contribution in [0.4, 0.5) is 11.4 Å². The molecule has 11 heteroatoms. The molecule has 0 saturated heterocycles. The van der Waals surface area contributed by atoms with Crippen molar-refractivity contribution in [3.8, 4) is 5.75 Å². The number of aromatic nitrogens is 3. The van der Waals surface area contributed by atoms with Crippen molar-refractivity contribution in [2.75, 3.05) is 19.6 Å². The Morgan fingerprint density at radius 2 is 1.78 bits per heavy atom. The molecular weight excluding hydrogens is 412 g/mol. The summed E-state index contributed by atoms with van der Waals surface area (Å²) < 4.78 is 1.60. The van der Waals surface area contributed by atoms with Gasteiger partial charge in [0, 0.05) is 19.2 Å². The molecule has 11 nitrogen and oxygen atoms in total. The van der Waals surface area contributed by atoms with E-state index in [0.717, 1.165) is 0 Å². The third-order valence-electron chi connectivity index (χ3n) is 5.12. The van der Waals surface area contributed by atoms with Crippen molar-refractivity contribution in [1.29, 1.82) is 0 Å². The van der Waals surface area contributed by atoms with Crippen LogP contribution in [0, 0.1) is 0 Å². The second-order valence-corrected chi connectivity index (χ2v) is 7.03. The lowest BCUT2D eigenvalue weighted by atomic mass is 10.2. The molecule has 1 aromatic heterocycles. The average Bonchev–Trinajstić information content (AvgIpc) is 3.23. The maximum absolute atomic E-state index is 12.8. The highest BCUT2D eigenvalue weighted by molar-refractivity contribution is 6.13. The summed E-state index contributed by atoms with van der Waals surface area (Å²) in [6.45, 7) is 5.26. The fourth-order valence-corrected chi connectivity index (χ4v) is 3.39. The van der Waals surface area contributed by atoms with Gasteiger partial charge in [0.15, 0.2) is 11.0 Å². The van der Waals surface area contributed by atoms with Crippen molar-refractivity contribution in [1.82, 2.24) is 15.1 Å². The molecule has 2 heterocycles. The van der Waals surface area contributed by atoms with Crippen LogP contribution in [0.15, 0.2) is 51.7 Å². The Bertz CT molecular complexity index is 1400. The molecule has 4 rings (SSSR count). The largest absolute Gasteiger partial charge is 0.507 e. The Balaban J connectivity index is 1.75. The predicted octanol–water partition coefficient (Wildman–Crippen LogP) is 1.20. The Morgan fingerprint density at radius 3 is 2.47 bits per heavy atom. The number of hydrogen-bond acceptors (Lipinski definition) is 8. The summed E-state index contributed by atoms with van der Waals surface area (Å²) in [5, 5.41) is 30.9. The Kier molecular flexibility index (Phi) is 5.54. The molecule has 0 saturated carbocycles. The molecule has 1 aliphatic heterocycles. The van der Waals surface area contributed by atoms with Crippen LogP contribution in [0.1, 0.15) is 24.2 Å². The molecule has 0 unspecified atom stereocenters. The number of hydrogen-bond donors (Lipinski definition) is 2. The lowest BCUT2D eigenvalue weighted by molar-refractivity contribution is -0.533. The Labute approximate surface area is 182 Å². The Morgan fingerprint density at radius 1 is 1.09 bits per heavy atom. The van der Waals surface area contributed by atoms with E-state index in [4.69, 9.17) is 5.73 Å². The van der Waals surface area contributed by atoms with E-state index in [9.17, 15) is 14.7 Å². The van der Waals surface area contributed by atoms with Gasteiger partial charge >= 0.3 is 5.48 Å². The van der Waals surface area contributed by atoms with Gasteiger partial charge in [-0.3, -0.25) is 9.59 Å². The number of nitrogens with two attached hydrogens (primary N) is 1. The smallest absolute Gasteiger partial charge is 0.386 e. The van der Waals surface area contributed by atoms with E-state index in [-0.39, 0.29) is 23.8 Å². The topological polar surface area (TPSA) is 152 Å². The SMILES string of the molecule is CCN(CC)C(=O)C1=c2nnc3ccc(N=Nc4ccc(O)c(C(N)=O)c4)cc3[n+]2=NC1. The number of primary amides is 1. The molecule has 0 bridgehead atoms. The molecule has 32 heavy (non-hydrogen) atoms. The monoisotopic (exact) mass is 433 g/mol. The van der Waals surface area contributed by atoms with Crippen LogP contribution < -0.4 is 15.6 Å². The molecule has 1 aliphatic rings. The van der Waals surface area contributed by atoms with Crippen LogP contribution in [0.5, 0.6) is 5.75 Å². The molecular formula is C21H21N8O3+. The van der Waals surface area contributed by atoms with Gasteiger partial charge in [-0.25, -0.2) is 0 Å². The first-order valence-electron chi connectivity index (χ1n) is 10.0. The van der Waals surface area contributed by atoms with Crippen LogP contribution in [0.3, 0.4) is 0 Å². The lowest BCUT2D eigenvalue weighted by Crippen LogP contribution is -2.42. The number of aromatic hydroxyl groups is 1. The fourth-order valence-electron chi connectivity index (χ4n) is 3.39. The van der Waals surface area contributed by atoms with Crippen molar-refractivity contribution in [2.45, 2.75) is 13.8 Å². The van der Waals surface area contributed by atoms with Gasteiger partial charge in [0.2, 0.25) is 0 Å². The normalized spacial score (nSPS) is 12.8. The summed E-state index contributed by atoms with van der Waals surface area (Å²) in [5.41, 5.74) is 8.21. The minimum Gasteiger partial charge on any atom is -0.507 e. The number of carbonyl (C=O) groups excluding carboxylic acids is 2. The zero-order chi connectivity index (χ0) is 22.8. The van der Waals surface area contributed by atoms with Crippen LogP contribution in [-0.2, 0) is 4.79 Å². The van der Waals surface area contributed by atoms with E-state index in [1.54, 1.807) is 27.5 Å². The summed E-state index contributed by atoms with van der Waals surface area (Å²) in [5.74, 6) is -1.09. The molecule has 0 atom stereocenters. The van der Waals surface area contributed by atoms with Gasteiger partial charge < -0.3 is 15.7 Å². The van der Waals surface area contributed by atoms with E-state index in [2.05, 4.69) is 25.5 Å². The average molecular weight is 433 g/mol. The molecule has 162 valence electrons. The summed E-state index contributed by atoms with van der Waals surface area (Å²) in [7, 11) is 0. The number of amides is 2. The summed E-state index contributed by atoms with van der Waals surface area (Å²) in [6, 6.07) is 9.38. The maximum atomic E-state index is 12.8. The van der Waals surface area contributed by atoms with Crippen molar-refractivity contribution < 1.29 is 19.1 Å². The second kappa shape index (κ2) is 8.46. The second-order valence-electron chi connectivity index (χ2n) is 7.03. The summed E-state index contributed by atoms with van der Waals surface area (Å²) >= 11 is 0. The lowest BCUT2D eigenvalue weighted by Gasteiger charge is -2.17. The number of benzene rings is 2. The highest BCUT2D eigenvalue weighted by Crippen LogP contribution is 2.25. The van der Waals surface area contributed by atoms with Gasteiger partial charge in [0.1, 0.15) is 17.9 Å². The first kappa shape index (κ1) is 21.0. The van der Waals surface area contributed by atoms with Crippen molar-refractivity contribution in [3.63, 3.8) is 0 Å². The molecule has 2 aromatic carbocycles. The molecule has 3 aromatic rings. The van der Waals surface area contributed by atoms with Crippen molar-refractivity contribution in [3.05, 3.63) is 47.4 Å². The first-order valence-corrected chi connectivity index (χ1v) is 10.0. The number of phenols is 1. The van der Waals surface area contributed by atoms with Gasteiger partial charge in [0.25, 0.3) is 11.8 Å². The van der Waals surface area contributed by atoms with Crippen LogP contribution in [0.25, 0.3) is 16.6 Å². The number of azo groups is 1. The zero-order valence-corrected chi connectivity index (χ0v) is 17.6. The van der Waals surface area contributed by atoms with Gasteiger partial charge in [-0.2, -0.15) is 10.2 Å². The highest BCUT2D eigenvalue weighted by Gasteiger charge is 2.27. The van der Waals surface area contributed by atoms with E-state index in [1.165, 1.54) is 18.2 Å². The van der Waals surface area contributed by atoms with Crippen LogP contribution >= 0.6 is 0 Å². The van der Waals surface area contributed by atoms with Crippen LogP contribution in [-0.4, -0.2) is 51.7 Å². The highest BCUT2D eigenvalue weighted by atomic mass is 16.3. The van der Waals surface area contributed by atoms with Gasteiger partial charge in [-0.15, -0.1) is 5.11 Å². The number of carbonyl (C=O) groups is 2. The molecule has 0 aliphatic carbocycles. The van der Waals surface area contributed by atoms with Crippen LogP contribution in [0.2, 0.25) is 0 Å². The van der Waals surface area contributed by atoms with Gasteiger partial charge in [-0.05, 0) is 49.3 Å². The van der Waals surface area contributed by atoms with Crippen molar-refractivity contribution in [2.24, 2.45) is 21.1 Å². The van der Waals surface area contributed by atoms with Crippen molar-refractivity contribution >= 4 is 39.8 Å². The standard InChI is InChI=1S/C21H20N8O3/c1-3-28(4-2)21(32)15-11-23-29-17-10-13(5-7-16(17)26-27-20(15)29)25-24-12-6-8-18(30)14(9-12)19(22)31/h5-10H,3-4,11H2,1-2H3,(H2-,22,25,27,30,31,32)/p+1. The number of nitrogens with zero attached hydrogens (tertiary/aromatic N) is 7. The Hall–Kier alpha value is -4.28.